The largest absolute Gasteiger partial charge is 0.321 e. The first-order valence-electron chi connectivity index (χ1n) is 6.77. The summed E-state index contributed by atoms with van der Waals surface area (Å²) < 4.78 is 0. The standard InChI is InChI=1S/C15H16N2OS2/c18-15(14-9-19-10-16-14)17-11-5-7-13(8-6-11)20-12-3-1-2-4-12/h5-10,12H,1-4H2,(H,17,18). The molecule has 3 rings (SSSR count). The summed E-state index contributed by atoms with van der Waals surface area (Å²) in [7, 11) is 0. The molecule has 3 nitrogen and oxygen atoms in total. The van der Waals surface area contributed by atoms with Gasteiger partial charge >= 0.3 is 0 Å². The molecule has 0 radical (unpaired) electrons. The number of anilines is 1. The molecule has 1 amide bonds. The van der Waals surface area contributed by atoms with Crippen LogP contribution in [0.15, 0.2) is 40.1 Å². The fourth-order valence-corrected chi connectivity index (χ4v) is 4.11. The van der Waals surface area contributed by atoms with Gasteiger partial charge in [0.15, 0.2) is 0 Å². The van der Waals surface area contributed by atoms with Crippen LogP contribution in [0.2, 0.25) is 0 Å². The zero-order valence-corrected chi connectivity index (χ0v) is 12.7. The topological polar surface area (TPSA) is 42.0 Å². The first kappa shape index (κ1) is 13.6. The van der Waals surface area contributed by atoms with Crippen molar-refractivity contribution in [2.75, 3.05) is 5.32 Å². The molecule has 1 heterocycles. The second-order valence-electron chi connectivity index (χ2n) is 4.88. The molecule has 104 valence electrons. The monoisotopic (exact) mass is 304 g/mol. The number of benzene rings is 1. The van der Waals surface area contributed by atoms with Gasteiger partial charge in [-0.15, -0.1) is 23.1 Å². The van der Waals surface area contributed by atoms with E-state index in [4.69, 9.17) is 0 Å². The molecule has 1 aromatic heterocycles. The van der Waals surface area contributed by atoms with Gasteiger partial charge in [0, 0.05) is 21.2 Å². The number of nitrogens with one attached hydrogen (secondary N) is 1. The summed E-state index contributed by atoms with van der Waals surface area (Å²) in [5, 5.41) is 5.38. The zero-order chi connectivity index (χ0) is 13.8. The number of rotatable bonds is 4. The number of amides is 1. The molecule has 1 aliphatic rings. The second kappa shape index (κ2) is 6.41. The second-order valence-corrected chi connectivity index (χ2v) is 6.97. The highest BCUT2D eigenvalue weighted by Gasteiger charge is 2.16. The number of hydrogen-bond acceptors (Lipinski definition) is 4. The van der Waals surface area contributed by atoms with Gasteiger partial charge in [0.1, 0.15) is 5.69 Å². The number of nitrogens with zero attached hydrogens (tertiary/aromatic N) is 1. The molecular weight excluding hydrogens is 288 g/mol. The average Bonchev–Trinajstić information content (AvgIpc) is 3.13. The van der Waals surface area contributed by atoms with E-state index in [9.17, 15) is 4.79 Å². The van der Waals surface area contributed by atoms with Crippen molar-refractivity contribution in [1.82, 2.24) is 4.98 Å². The molecule has 1 aliphatic carbocycles. The van der Waals surface area contributed by atoms with Gasteiger partial charge in [-0.2, -0.15) is 0 Å². The summed E-state index contributed by atoms with van der Waals surface area (Å²) in [5.74, 6) is -0.151. The highest BCUT2D eigenvalue weighted by molar-refractivity contribution is 8.00. The van der Waals surface area contributed by atoms with E-state index in [1.54, 1.807) is 10.9 Å². The van der Waals surface area contributed by atoms with Gasteiger partial charge in [-0.3, -0.25) is 4.79 Å². The Hall–Kier alpha value is -1.33. The van der Waals surface area contributed by atoms with Gasteiger partial charge in [0.25, 0.3) is 5.91 Å². The summed E-state index contributed by atoms with van der Waals surface area (Å²) in [6, 6.07) is 8.09. The van der Waals surface area contributed by atoms with Gasteiger partial charge in [0.05, 0.1) is 5.51 Å². The molecule has 1 saturated carbocycles. The molecular formula is C15H16N2OS2. The van der Waals surface area contributed by atoms with Crippen molar-refractivity contribution >= 4 is 34.7 Å². The maximum atomic E-state index is 11.9. The molecule has 20 heavy (non-hydrogen) atoms. The molecule has 2 aromatic rings. The average molecular weight is 304 g/mol. The summed E-state index contributed by atoms with van der Waals surface area (Å²) in [6.07, 6.45) is 5.37. The van der Waals surface area contributed by atoms with Crippen LogP contribution in [0.1, 0.15) is 36.2 Å². The van der Waals surface area contributed by atoms with Crippen LogP contribution in [0, 0.1) is 0 Å². The van der Waals surface area contributed by atoms with Crippen LogP contribution in [-0.4, -0.2) is 16.1 Å². The third-order valence-electron chi connectivity index (χ3n) is 3.38. The van der Waals surface area contributed by atoms with Crippen molar-refractivity contribution in [3.05, 3.63) is 40.8 Å². The van der Waals surface area contributed by atoms with E-state index in [0.717, 1.165) is 10.9 Å². The van der Waals surface area contributed by atoms with Crippen LogP contribution in [0.4, 0.5) is 5.69 Å². The van der Waals surface area contributed by atoms with Crippen LogP contribution in [-0.2, 0) is 0 Å². The van der Waals surface area contributed by atoms with Crippen molar-refractivity contribution in [2.45, 2.75) is 35.8 Å². The number of carbonyl (C=O) groups is 1. The smallest absolute Gasteiger partial charge is 0.275 e. The maximum Gasteiger partial charge on any atom is 0.275 e. The third-order valence-corrected chi connectivity index (χ3v) is 5.32. The predicted molar refractivity (Wildman–Crippen MR) is 84.6 cm³/mol. The van der Waals surface area contributed by atoms with E-state index < -0.39 is 0 Å². The number of aromatic nitrogens is 1. The summed E-state index contributed by atoms with van der Waals surface area (Å²) in [5.41, 5.74) is 2.95. The highest BCUT2D eigenvalue weighted by atomic mass is 32.2. The Morgan fingerprint density at radius 1 is 1.25 bits per heavy atom. The SMILES string of the molecule is O=C(Nc1ccc(SC2CCCC2)cc1)c1cscn1. The van der Waals surface area contributed by atoms with Crippen molar-refractivity contribution in [2.24, 2.45) is 0 Å². The number of thioether (sulfide) groups is 1. The molecule has 0 saturated heterocycles. The Kier molecular flexibility index (Phi) is 4.38. The van der Waals surface area contributed by atoms with Crippen molar-refractivity contribution in [3.63, 3.8) is 0 Å². The van der Waals surface area contributed by atoms with Crippen molar-refractivity contribution < 1.29 is 4.79 Å². The van der Waals surface area contributed by atoms with E-state index in [-0.39, 0.29) is 5.91 Å². The summed E-state index contributed by atoms with van der Waals surface area (Å²) in [4.78, 5) is 17.1. The van der Waals surface area contributed by atoms with Crippen LogP contribution in [0.5, 0.6) is 0 Å². The lowest BCUT2D eigenvalue weighted by Crippen LogP contribution is -2.11. The molecule has 5 heteroatoms. The fraction of sp³-hybridized carbons (Fsp3) is 0.333. The minimum atomic E-state index is -0.151. The summed E-state index contributed by atoms with van der Waals surface area (Å²) in [6.45, 7) is 0. The molecule has 0 aliphatic heterocycles. The van der Waals surface area contributed by atoms with E-state index in [0.29, 0.717) is 5.69 Å². The van der Waals surface area contributed by atoms with Gasteiger partial charge in [-0.25, -0.2) is 4.98 Å². The van der Waals surface area contributed by atoms with Crippen LogP contribution < -0.4 is 5.32 Å². The molecule has 1 N–H and O–H groups in total. The van der Waals surface area contributed by atoms with E-state index in [2.05, 4.69) is 22.4 Å². The molecule has 0 spiro atoms. The van der Waals surface area contributed by atoms with Crippen LogP contribution >= 0.6 is 23.1 Å². The summed E-state index contributed by atoms with van der Waals surface area (Å²) >= 11 is 3.38. The zero-order valence-electron chi connectivity index (χ0n) is 11.0. The van der Waals surface area contributed by atoms with Crippen LogP contribution in [0.25, 0.3) is 0 Å². The Balaban J connectivity index is 1.59. The lowest BCUT2D eigenvalue weighted by Gasteiger charge is -2.09. The predicted octanol–water partition coefficient (Wildman–Crippen LogP) is 4.43. The Bertz CT molecular complexity index is 560. The van der Waals surface area contributed by atoms with Crippen molar-refractivity contribution in [3.8, 4) is 0 Å². The van der Waals surface area contributed by atoms with Gasteiger partial charge in [-0.1, -0.05) is 12.8 Å². The molecule has 0 bridgehead atoms. The minimum Gasteiger partial charge on any atom is -0.321 e. The van der Waals surface area contributed by atoms with Gasteiger partial charge < -0.3 is 5.32 Å². The first-order chi connectivity index (χ1) is 9.81. The van der Waals surface area contributed by atoms with E-state index in [1.807, 2.05) is 23.9 Å². The molecule has 1 aromatic carbocycles. The van der Waals surface area contributed by atoms with E-state index >= 15 is 0 Å². The van der Waals surface area contributed by atoms with Crippen LogP contribution in [0.3, 0.4) is 0 Å². The third kappa shape index (κ3) is 3.41. The Morgan fingerprint density at radius 3 is 2.65 bits per heavy atom. The number of carbonyl (C=O) groups excluding carboxylic acids is 1. The quantitative estimate of drug-likeness (QED) is 0.908. The lowest BCUT2D eigenvalue weighted by atomic mass is 10.3. The number of hydrogen-bond donors (Lipinski definition) is 1. The Morgan fingerprint density at radius 2 is 2.00 bits per heavy atom. The maximum absolute atomic E-state index is 11.9. The molecule has 0 atom stereocenters. The first-order valence-corrected chi connectivity index (χ1v) is 8.60. The normalized spacial score (nSPS) is 15.4. The lowest BCUT2D eigenvalue weighted by molar-refractivity contribution is 0.102. The van der Waals surface area contributed by atoms with Crippen molar-refractivity contribution in [1.29, 1.82) is 0 Å². The van der Waals surface area contributed by atoms with Gasteiger partial charge in [0.2, 0.25) is 0 Å². The fourth-order valence-electron chi connectivity index (χ4n) is 2.34. The molecule has 0 unspecified atom stereocenters. The van der Waals surface area contributed by atoms with Gasteiger partial charge in [-0.05, 0) is 37.1 Å². The molecule has 1 fully saturated rings. The highest BCUT2D eigenvalue weighted by Crippen LogP contribution is 2.34. The minimum absolute atomic E-state index is 0.151. The van der Waals surface area contributed by atoms with E-state index in [1.165, 1.54) is 41.9 Å². The Labute approximate surface area is 126 Å². The number of thiazole rings is 1.